The lowest BCUT2D eigenvalue weighted by atomic mass is 10.3. The van der Waals surface area contributed by atoms with Crippen LogP contribution in [0.15, 0.2) is 25.6 Å². The molecule has 1 atom stereocenters. The first-order chi connectivity index (χ1) is 6.02. The second-order valence-corrected chi connectivity index (χ2v) is 4.83. The van der Waals surface area contributed by atoms with Gasteiger partial charge in [-0.15, -0.1) is 0 Å². The minimum atomic E-state index is -0.815. The zero-order valence-electron chi connectivity index (χ0n) is 6.72. The molecule has 0 aromatic heterocycles. The number of hydrogen-bond acceptors (Lipinski definition) is 2. The molecule has 0 aliphatic carbocycles. The number of aliphatic hydroxyl groups is 1. The lowest BCUT2D eigenvalue weighted by molar-refractivity contribution is -0.000921. The Morgan fingerprint density at radius 3 is 2.38 bits per heavy atom. The Hall–Kier alpha value is 0.420. The molecule has 2 nitrogen and oxygen atoms in total. The van der Waals surface area contributed by atoms with E-state index in [4.69, 9.17) is 9.84 Å². The molecule has 0 heterocycles. The van der Waals surface area contributed by atoms with Gasteiger partial charge in [-0.05, 0) is 66.8 Å². The van der Waals surface area contributed by atoms with Crippen LogP contribution in [0.1, 0.15) is 6.92 Å². The third kappa shape index (κ3) is 2.94. The summed E-state index contributed by atoms with van der Waals surface area (Å²) in [6.07, 6.45) is -0.815. The summed E-state index contributed by atoms with van der Waals surface area (Å²) in [7, 11) is 0. The van der Waals surface area contributed by atoms with E-state index in [1.165, 1.54) is 0 Å². The highest BCUT2D eigenvalue weighted by atomic mass is 79.9. The van der Waals surface area contributed by atoms with Crippen LogP contribution in [0.25, 0.3) is 0 Å². The van der Waals surface area contributed by atoms with Gasteiger partial charge in [0.1, 0.15) is 5.75 Å². The first kappa shape index (κ1) is 11.5. The van der Waals surface area contributed by atoms with Crippen LogP contribution in [-0.2, 0) is 0 Å². The Bertz CT molecular complexity index is 313. The van der Waals surface area contributed by atoms with Crippen LogP contribution in [0.5, 0.6) is 5.75 Å². The number of hydrogen-bond donors (Lipinski definition) is 1. The van der Waals surface area contributed by atoms with E-state index in [9.17, 15) is 0 Å². The van der Waals surface area contributed by atoms with Gasteiger partial charge in [-0.3, -0.25) is 0 Å². The molecule has 0 saturated carbocycles. The van der Waals surface area contributed by atoms with E-state index < -0.39 is 6.29 Å². The summed E-state index contributed by atoms with van der Waals surface area (Å²) in [5.74, 6) is 0.602. The van der Waals surface area contributed by atoms with Crippen molar-refractivity contribution in [3.63, 3.8) is 0 Å². The van der Waals surface area contributed by atoms with E-state index in [0.29, 0.717) is 5.75 Å². The van der Waals surface area contributed by atoms with Gasteiger partial charge in [0, 0.05) is 8.95 Å². The van der Waals surface area contributed by atoms with Gasteiger partial charge in [0.25, 0.3) is 0 Å². The third-order valence-corrected chi connectivity index (χ3v) is 4.63. The number of aliphatic hydroxyl groups excluding tert-OH is 1. The summed E-state index contributed by atoms with van der Waals surface area (Å²) in [5.41, 5.74) is 0. The summed E-state index contributed by atoms with van der Waals surface area (Å²) < 4.78 is 7.71. The molecule has 0 fully saturated rings. The van der Waals surface area contributed by atoms with Crippen molar-refractivity contribution in [3.8, 4) is 5.75 Å². The van der Waals surface area contributed by atoms with Gasteiger partial charge in [0.05, 0.1) is 4.47 Å². The lowest BCUT2D eigenvalue weighted by Gasteiger charge is -2.11. The van der Waals surface area contributed by atoms with Gasteiger partial charge in [-0.2, -0.15) is 0 Å². The average Bonchev–Trinajstić information content (AvgIpc) is 2.06. The topological polar surface area (TPSA) is 29.5 Å². The summed E-state index contributed by atoms with van der Waals surface area (Å²) in [6, 6.07) is 3.61. The smallest absolute Gasteiger partial charge is 0.194 e. The summed E-state index contributed by atoms with van der Waals surface area (Å²) in [4.78, 5) is 0. The zero-order chi connectivity index (χ0) is 10.0. The maximum atomic E-state index is 9.02. The molecule has 0 aliphatic heterocycles. The molecule has 1 N–H and O–H groups in total. The highest BCUT2D eigenvalue weighted by molar-refractivity contribution is 9.14. The Kier molecular flexibility index (Phi) is 4.22. The number of benzene rings is 1. The predicted molar refractivity (Wildman–Crippen MR) is 61.9 cm³/mol. The maximum absolute atomic E-state index is 9.02. The fourth-order valence-corrected chi connectivity index (χ4v) is 2.15. The molecule has 1 rings (SSSR count). The first-order valence-electron chi connectivity index (χ1n) is 3.50. The standard InChI is InChI=1S/C8H7Br3O2/c1-4(12)13-6-3-2-5(9)7(10)8(6)11/h2-4,12H,1H3. The summed E-state index contributed by atoms with van der Waals surface area (Å²) in [5, 5.41) is 9.02. The third-order valence-electron chi connectivity index (χ3n) is 1.30. The number of ether oxygens (including phenoxy) is 1. The monoisotopic (exact) mass is 372 g/mol. The van der Waals surface area contributed by atoms with Crippen molar-refractivity contribution >= 4 is 47.8 Å². The predicted octanol–water partition coefficient (Wildman–Crippen LogP) is 3.69. The van der Waals surface area contributed by atoms with Gasteiger partial charge in [-0.25, -0.2) is 0 Å². The SMILES string of the molecule is CC(O)Oc1ccc(Br)c(Br)c1Br. The van der Waals surface area contributed by atoms with Crippen LogP contribution < -0.4 is 4.74 Å². The molecule has 0 amide bonds. The average molecular weight is 375 g/mol. The van der Waals surface area contributed by atoms with Crippen LogP contribution in [0, 0.1) is 0 Å². The Balaban J connectivity index is 3.04. The van der Waals surface area contributed by atoms with Crippen LogP contribution in [0.4, 0.5) is 0 Å². The molecular formula is C8H7Br3O2. The van der Waals surface area contributed by atoms with Crippen molar-refractivity contribution in [1.82, 2.24) is 0 Å². The van der Waals surface area contributed by atoms with Crippen LogP contribution in [0.2, 0.25) is 0 Å². The van der Waals surface area contributed by atoms with Gasteiger partial charge in [0.2, 0.25) is 0 Å². The molecular weight excluding hydrogens is 368 g/mol. The second-order valence-electron chi connectivity index (χ2n) is 2.39. The van der Waals surface area contributed by atoms with Gasteiger partial charge in [0.15, 0.2) is 6.29 Å². The molecule has 1 aromatic carbocycles. The van der Waals surface area contributed by atoms with Crippen molar-refractivity contribution < 1.29 is 9.84 Å². The molecule has 0 spiro atoms. The Labute approximate surface area is 102 Å². The zero-order valence-corrected chi connectivity index (χ0v) is 11.5. The van der Waals surface area contributed by atoms with Crippen molar-refractivity contribution in [2.75, 3.05) is 0 Å². The molecule has 0 saturated heterocycles. The van der Waals surface area contributed by atoms with Crippen molar-refractivity contribution in [2.24, 2.45) is 0 Å². The molecule has 1 unspecified atom stereocenters. The number of rotatable bonds is 2. The highest BCUT2D eigenvalue weighted by Gasteiger charge is 2.09. The highest BCUT2D eigenvalue weighted by Crippen LogP contribution is 2.37. The normalized spacial score (nSPS) is 12.7. The van der Waals surface area contributed by atoms with Crippen LogP contribution in [0.3, 0.4) is 0 Å². The van der Waals surface area contributed by atoms with E-state index in [1.54, 1.807) is 13.0 Å². The van der Waals surface area contributed by atoms with Gasteiger partial charge < -0.3 is 9.84 Å². The molecule has 0 bridgehead atoms. The number of halogens is 3. The second kappa shape index (κ2) is 4.77. The molecule has 72 valence electrons. The molecule has 0 aliphatic rings. The van der Waals surface area contributed by atoms with Gasteiger partial charge in [-0.1, -0.05) is 0 Å². The van der Waals surface area contributed by atoms with Crippen LogP contribution in [-0.4, -0.2) is 11.4 Å². The first-order valence-corrected chi connectivity index (χ1v) is 5.88. The van der Waals surface area contributed by atoms with E-state index in [2.05, 4.69) is 47.8 Å². The lowest BCUT2D eigenvalue weighted by Crippen LogP contribution is -2.09. The van der Waals surface area contributed by atoms with Crippen LogP contribution >= 0.6 is 47.8 Å². The minimum absolute atomic E-state index is 0.602. The van der Waals surface area contributed by atoms with E-state index >= 15 is 0 Å². The minimum Gasteiger partial charge on any atom is -0.464 e. The van der Waals surface area contributed by atoms with Crippen molar-refractivity contribution in [3.05, 3.63) is 25.6 Å². The molecule has 1 aromatic rings. The maximum Gasteiger partial charge on any atom is 0.194 e. The summed E-state index contributed by atoms with van der Waals surface area (Å²) in [6.45, 7) is 1.56. The van der Waals surface area contributed by atoms with Crippen molar-refractivity contribution in [1.29, 1.82) is 0 Å². The fourth-order valence-electron chi connectivity index (χ4n) is 0.783. The summed E-state index contributed by atoms with van der Waals surface area (Å²) >= 11 is 10.1. The Morgan fingerprint density at radius 1 is 1.23 bits per heavy atom. The molecule has 5 heteroatoms. The fraction of sp³-hybridized carbons (Fsp3) is 0.250. The quantitative estimate of drug-likeness (QED) is 0.632. The van der Waals surface area contributed by atoms with E-state index in [0.717, 1.165) is 13.4 Å². The Morgan fingerprint density at radius 2 is 1.85 bits per heavy atom. The van der Waals surface area contributed by atoms with Gasteiger partial charge >= 0.3 is 0 Å². The van der Waals surface area contributed by atoms with E-state index in [-0.39, 0.29) is 0 Å². The van der Waals surface area contributed by atoms with Crippen molar-refractivity contribution in [2.45, 2.75) is 13.2 Å². The largest absolute Gasteiger partial charge is 0.464 e. The van der Waals surface area contributed by atoms with E-state index in [1.807, 2.05) is 6.07 Å². The molecule has 0 radical (unpaired) electrons. The molecule has 13 heavy (non-hydrogen) atoms.